The number of hydrogen-bond donors (Lipinski definition) is 0. The van der Waals surface area contributed by atoms with Gasteiger partial charge in [-0.2, -0.15) is 0 Å². The van der Waals surface area contributed by atoms with Gasteiger partial charge in [0.05, 0.1) is 35.6 Å². The maximum absolute atomic E-state index is 5.86. The monoisotopic (exact) mass is 342 g/mol. The zero-order chi connectivity index (χ0) is 16.4. The molecular weight excluding hydrogens is 320 g/mol. The maximum atomic E-state index is 5.86. The highest BCUT2D eigenvalue weighted by atomic mass is 32.1. The first-order valence-corrected chi connectivity index (χ1v) is 9.27. The molecule has 0 amide bonds. The molecule has 0 bridgehead atoms. The van der Waals surface area contributed by atoms with Crippen LogP contribution in [0.1, 0.15) is 16.3 Å². The van der Waals surface area contributed by atoms with Gasteiger partial charge in [0, 0.05) is 49.0 Å². The third kappa shape index (κ3) is 3.36. The van der Waals surface area contributed by atoms with E-state index in [2.05, 4.69) is 44.5 Å². The quantitative estimate of drug-likeness (QED) is 0.731. The van der Waals surface area contributed by atoms with Gasteiger partial charge in [-0.05, 0) is 25.5 Å². The molecule has 0 saturated carbocycles. The second-order valence-electron chi connectivity index (χ2n) is 6.42. The van der Waals surface area contributed by atoms with Gasteiger partial charge in [-0.15, -0.1) is 11.3 Å². The van der Waals surface area contributed by atoms with Crippen molar-refractivity contribution in [3.63, 3.8) is 0 Å². The van der Waals surface area contributed by atoms with Gasteiger partial charge in [0.15, 0.2) is 0 Å². The van der Waals surface area contributed by atoms with Crippen LogP contribution in [0, 0.1) is 12.8 Å². The Labute approximate surface area is 145 Å². The zero-order valence-corrected chi connectivity index (χ0v) is 14.7. The number of aromatic nitrogens is 3. The Hall–Kier alpha value is -1.76. The largest absolute Gasteiger partial charge is 0.380 e. The lowest BCUT2D eigenvalue weighted by molar-refractivity contribution is 0.121. The Morgan fingerprint density at radius 2 is 2.29 bits per heavy atom. The molecule has 4 rings (SSSR count). The van der Waals surface area contributed by atoms with Crippen molar-refractivity contribution in [2.24, 2.45) is 5.92 Å². The fraction of sp³-hybridized carbons (Fsp3) is 0.444. The summed E-state index contributed by atoms with van der Waals surface area (Å²) < 4.78 is 8.00. The SMILES string of the molecule is Cc1ncsc1CN1CCOC[C@@H](Cc2nccn3cccc23)C1. The fourth-order valence-corrected chi connectivity index (χ4v) is 4.18. The Bertz CT molecular complexity index is 812. The summed E-state index contributed by atoms with van der Waals surface area (Å²) in [5.74, 6) is 0.467. The first kappa shape index (κ1) is 15.7. The summed E-state index contributed by atoms with van der Waals surface area (Å²) in [6, 6.07) is 4.21. The number of aryl methyl sites for hydroxylation is 1. The van der Waals surface area contributed by atoms with Gasteiger partial charge in [0.25, 0.3) is 0 Å². The average molecular weight is 342 g/mol. The summed E-state index contributed by atoms with van der Waals surface area (Å²) in [5.41, 5.74) is 5.45. The van der Waals surface area contributed by atoms with Gasteiger partial charge in [-0.25, -0.2) is 4.98 Å². The van der Waals surface area contributed by atoms with Crippen LogP contribution >= 0.6 is 11.3 Å². The molecule has 1 aliphatic heterocycles. The third-order valence-electron chi connectivity index (χ3n) is 4.65. The van der Waals surface area contributed by atoms with E-state index in [1.54, 1.807) is 11.3 Å². The zero-order valence-electron chi connectivity index (χ0n) is 13.9. The van der Waals surface area contributed by atoms with Gasteiger partial charge < -0.3 is 9.14 Å². The molecule has 0 aliphatic carbocycles. The van der Waals surface area contributed by atoms with Gasteiger partial charge in [-0.1, -0.05) is 0 Å². The van der Waals surface area contributed by atoms with E-state index in [1.165, 1.54) is 10.4 Å². The van der Waals surface area contributed by atoms with Crippen molar-refractivity contribution in [3.8, 4) is 0 Å². The van der Waals surface area contributed by atoms with Crippen molar-refractivity contribution in [3.05, 3.63) is 52.5 Å². The summed E-state index contributed by atoms with van der Waals surface area (Å²) in [5, 5.41) is 0. The number of hydrogen-bond acceptors (Lipinski definition) is 5. The van der Waals surface area contributed by atoms with Crippen molar-refractivity contribution in [2.45, 2.75) is 19.9 Å². The summed E-state index contributed by atoms with van der Waals surface area (Å²) in [6.45, 7) is 6.70. The van der Waals surface area contributed by atoms with Crippen LogP contribution in [-0.2, 0) is 17.7 Å². The molecule has 1 aliphatic rings. The lowest BCUT2D eigenvalue weighted by atomic mass is 10.0. The van der Waals surface area contributed by atoms with Crippen LogP contribution in [0.2, 0.25) is 0 Å². The number of ether oxygens (including phenoxy) is 1. The van der Waals surface area contributed by atoms with Crippen LogP contribution in [0.3, 0.4) is 0 Å². The first-order chi connectivity index (χ1) is 11.8. The molecule has 0 N–H and O–H groups in total. The van der Waals surface area contributed by atoms with E-state index in [0.717, 1.165) is 50.7 Å². The van der Waals surface area contributed by atoms with Crippen LogP contribution in [-0.4, -0.2) is 45.6 Å². The summed E-state index contributed by atoms with van der Waals surface area (Å²) in [6.07, 6.45) is 6.91. The van der Waals surface area contributed by atoms with Gasteiger partial charge >= 0.3 is 0 Å². The maximum Gasteiger partial charge on any atom is 0.0798 e. The van der Waals surface area contributed by atoms with Crippen LogP contribution in [0.5, 0.6) is 0 Å². The smallest absolute Gasteiger partial charge is 0.0798 e. The molecule has 3 aromatic heterocycles. The number of nitrogens with zero attached hydrogens (tertiary/aromatic N) is 4. The topological polar surface area (TPSA) is 42.7 Å². The minimum Gasteiger partial charge on any atom is -0.380 e. The van der Waals surface area contributed by atoms with E-state index >= 15 is 0 Å². The minimum absolute atomic E-state index is 0.467. The molecular formula is C18H22N4OS. The van der Waals surface area contributed by atoms with E-state index in [1.807, 2.05) is 17.9 Å². The molecule has 4 heterocycles. The molecule has 5 nitrogen and oxygen atoms in total. The Balaban J connectivity index is 1.48. The van der Waals surface area contributed by atoms with E-state index in [-0.39, 0.29) is 0 Å². The van der Waals surface area contributed by atoms with Crippen LogP contribution < -0.4 is 0 Å². The molecule has 1 atom stereocenters. The summed E-state index contributed by atoms with van der Waals surface area (Å²) in [7, 11) is 0. The van der Waals surface area contributed by atoms with Gasteiger partial charge in [-0.3, -0.25) is 9.88 Å². The summed E-state index contributed by atoms with van der Waals surface area (Å²) in [4.78, 5) is 12.8. The Morgan fingerprint density at radius 3 is 3.17 bits per heavy atom. The molecule has 1 saturated heterocycles. The second-order valence-corrected chi connectivity index (χ2v) is 7.36. The van der Waals surface area contributed by atoms with Crippen molar-refractivity contribution in [2.75, 3.05) is 26.3 Å². The molecule has 0 aromatic carbocycles. The van der Waals surface area contributed by atoms with Gasteiger partial charge in [0.1, 0.15) is 0 Å². The Kier molecular flexibility index (Phi) is 4.60. The highest BCUT2D eigenvalue weighted by Gasteiger charge is 2.21. The van der Waals surface area contributed by atoms with E-state index < -0.39 is 0 Å². The lowest BCUT2D eigenvalue weighted by Gasteiger charge is -2.23. The van der Waals surface area contributed by atoms with E-state index in [9.17, 15) is 0 Å². The Morgan fingerprint density at radius 1 is 1.33 bits per heavy atom. The fourth-order valence-electron chi connectivity index (χ4n) is 3.36. The van der Waals surface area contributed by atoms with Crippen molar-refractivity contribution in [1.29, 1.82) is 0 Å². The molecule has 0 spiro atoms. The van der Waals surface area contributed by atoms with Crippen LogP contribution in [0.15, 0.2) is 36.2 Å². The standard InChI is InChI=1S/C18H22N4OS/c1-14-18(24-13-20-14)11-21-7-8-23-12-15(10-21)9-16-17-3-2-5-22(17)6-4-19-16/h2-6,13,15H,7-12H2,1H3/t15-/m0/s1. The molecule has 126 valence electrons. The highest BCUT2D eigenvalue weighted by Crippen LogP contribution is 2.20. The summed E-state index contributed by atoms with van der Waals surface area (Å²) >= 11 is 1.75. The van der Waals surface area contributed by atoms with Crippen molar-refractivity contribution < 1.29 is 4.74 Å². The lowest BCUT2D eigenvalue weighted by Crippen LogP contribution is -2.30. The van der Waals surface area contributed by atoms with Crippen molar-refractivity contribution in [1.82, 2.24) is 19.3 Å². The first-order valence-electron chi connectivity index (χ1n) is 8.39. The van der Waals surface area contributed by atoms with E-state index in [4.69, 9.17) is 4.74 Å². The number of thiazole rings is 1. The van der Waals surface area contributed by atoms with Crippen LogP contribution in [0.4, 0.5) is 0 Å². The molecule has 1 fully saturated rings. The van der Waals surface area contributed by atoms with Gasteiger partial charge in [0.2, 0.25) is 0 Å². The van der Waals surface area contributed by atoms with Crippen LogP contribution in [0.25, 0.3) is 5.52 Å². The highest BCUT2D eigenvalue weighted by molar-refractivity contribution is 7.09. The minimum atomic E-state index is 0.467. The normalized spacial score (nSPS) is 19.6. The van der Waals surface area contributed by atoms with E-state index in [0.29, 0.717) is 5.92 Å². The molecule has 24 heavy (non-hydrogen) atoms. The number of fused-ring (bicyclic) bond motifs is 1. The second kappa shape index (κ2) is 7.01. The molecule has 3 aromatic rings. The molecule has 0 radical (unpaired) electrons. The predicted molar refractivity (Wildman–Crippen MR) is 95.3 cm³/mol. The third-order valence-corrected chi connectivity index (χ3v) is 5.57. The molecule has 0 unspecified atom stereocenters. The van der Waals surface area contributed by atoms with Crippen molar-refractivity contribution >= 4 is 16.9 Å². The number of rotatable bonds is 4. The predicted octanol–water partition coefficient (Wildman–Crippen LogP) is 2.79. The molecule has 6 heteroatoms. The average Bonchev–Trinajstić information content (AvgIpc) is 3.15.